The Kier molecular flexibility index (Phi) is 3.65. The molecular formula is C16H13N3O3. The molecule has 3 rings (SSSR count). The molecule has 0 radical (unpaired) electrons. The van der Waals surface area contributed by atoms with Gasteiger partial charge in [-0.15, -0.1) is 0 Å². The topological polar surface area (TPSA) is 76.3 Å². The smallest absolute Gasteiger partial charge is 0.271 e. The van der Waals surface area contributed by atoms with Gasteiger partial charge in [-0.1, -0.05) is 12.1 Å². The summed E-state index contributed by atoms with van der Waals surface area (Å²) in [4.78, 5) is 28.3. The number of non-ortho nitro benzene ring substituents is 1. The largest absolute Gasteiger partial charge is 0.308 e. The number of pyridine rings is 1. The first-order valence-corrected chi connectivity index (χ1v) is 6.82. The fourth-order valence-electron chi connectivity index (χ4n) is 2.44. The van der Waals surface area contributed by atoms with Gasteiger partial charge in [0, 0.05) is 37.1 Å². The molecule has 2 aromatic rings. The Balaban J connectivity index is 1.83. The molecule has 0 saturated carbocycles. The number of amides is 1. The summed E-state index contributed by atoms with van der Waals surface area (Å²) in [6.45, 7) is 0.534. The third-order valence-corrected chi connectivity index (χ3v) is 3.54. The van der Waals surface area contributed by atoms with Crippen molar-refractivity contribution in [2.24, 2.45) is 0 Å². The van der Waals surface area contributed by atoms with Gasteiger partial charge in [-0.2, -0.15) is 0 Å². The van der Waals surface area contributed by atoms with Crippen LogP contribution in [0.15, 0.2) is 48.8 Å². The first kappa shape index (κ1) is 13.9. The maximum absolute atomic E-state index is 12.3. The summed E-state index contributed by atoms with van der Waals surface area (Å²) in [6.07, 6.45) is 7.18. The highest BCUT2D eigenvalue weighted by Crippen LogP contribution is 2.31. The average Bonchev–Trinajstić information content (AvgIpc) is 2.96. The number of benzene rings is 1. The van der Waals surface area contributed by atoms with Gasteiger partial charge >= 0.3 is 0 Å². The van der Waals surface area contributed by atoms with E-state index in [2.05, 4.69) is 4.98 Å². The molecule has 0 atom stereocenters. The Morgan fingerprint density at radius 2 is 2.23 bits per heavy atom. The van der Waals surface area contributed by atoms with E-state index in [1.807, 2.05) is 6.07 Å². The van der Waals surface area contributed by atoms with E-state index in [-0.39, 0.29) is 11.6 Å². The van der Waals surface area contributed by atoms with Crippen LogP contribution in [0.5, 0.6) is 0 Å². The lowest BCUT2D eigenvalue weighted by molar-refractivity contribution is -0.384. The van der Waals surface area contributed by atoms with E-state index in [1.54, 1.807) is 35.5 Å². The minimum absolute atomic E-state index is 0.00492. The molecule has 110 valence electrons. The molecule has 1 aliphatic rings. The SMILES string of the molecule is O=C(/C=C/c1cccnc1)N1CCc2ccc([N+](=O)[O-])cc21. The van der Waals surface area contributed by atoms with Crippen molar-refractivity contribution in [1.82, 2.24) is 4.98 Å². The number of nitro groups is 1. The average molecular weight is 295 g/mol. The Morgan fingerprint density at radius 1 is 1.36 bits per heavy atom. The third kappa shape index (κ3) is 2.71. The maximum Gasteiger partial charge on any atom is 0.271 e. The summed E-state index contributed by atoms with van der Waals surface area (Å²) in [6, 6.07) is 8.28. The summed E-state index contributed by atoms with van der Waals surface area (Å²) in [7, 11) is 0. The quantitative estimate of drug-likeness (QED) is 0.495. The highest BCUT2D eigenvalue weighted by atomic mass is 16.6. The van der Waals surface area contributed by atoms with E-state index in [1.165, 1.54) is 18.2 Å². The predicted molar refractivity (Wildman–Crippen MR) is 82.4 cm³/mol. The van der Waals surface area contributed by atoms with Crippen molar-refractivity contribution in [3.05, 3.63) is 70.0 Å². The summed E-state index contributed by atoms with van der Waals surface area (Å²) in [5, 5.41) is 10.9. The summed E-state index contributed by atoms with van der Waals surface area (Å²) in [5.74, 6) is -0.192. The lowest BCUT2D eigenvalue weighted by atomic mass is 10.1. The van der Waals surface area contributed by atoms with Crippen molar-refractivity contribution in [2.75, 3.05) is 11.4 Å². The minimum Gasteiger partial charge on any atom is -0.308 e. The van der Waals surface area contributed by atoms with E-state index in [0.29, 0.717) is 18.7 Å². The summed E-state index contributed by atoms with van der Waals surface area (Å²) >= 11 is 0. The van der Waals surface area contributed by atoms with E-state index in [9.17, 15) is 14.9 Å². The van der Waals surface area contributed by atoms with Crippen LogP contribution in [0.4, 0.5) is 11.4 Å². The van der Waals surface area contributed by atoms with Crippen LogP contribution in [0, 0.1) is 10.1 Å². The standard InChI is InChI=1S/C16H13N3O3/c20-16(6-3-12-2-1-8-17-11-12)18-9-7-13-4-5-14(19(21)22)10-15(13)18/h1-6,8,10-11H,7,9H2/b6-3+. The molecule has 22 heavy (non-hydrogen) atoms. The van der Waals surface area contributed by atoms with E-state index in [0.717, 1.165) is 11.1 Å². The van der Waals surface area contributed by atoms with E-state index in [4.69, 9.17) is 0 Å². The molecule has 0 N–H and O–H groups in total. The minimum atomic E-state index is -0.452. The van der Waals surface area contributed by atoms with Crippen LogP contribution < -0.4 is 4.90 Å². The molecule has 1 amide bonds. The van der Waals surface area contributed by atoms with Crippen LogP contribution in [0.25, 0.3) is 6.08 Å². The van der Waals surface area contributed by atoms with Crippen LogP contribution in [-0.2, 0) is 11.2 Å². The summed E-state index contributed by atoms with van der Waals surface area (Å²) in [5.41, 5.74) is 2.40. The van der Waals surface area contributed by atoms with Gasteiger partial charge in [0.15, 0.2) is 0 Å². The fraction of sp³-hybridized carbons (Fsp3) is 0.125. The number of nitrogens with zero attached hydrogens (tertiary/aromatic N) is 3. The van der Waals surface area contributed by atoms with Gasteiger partial charge in [-0.25, -0.2) is 0 Å². The van der Waals surface area contributed by atoms with Crippen LogP contribution in [-0.4, -0.2) is 22.4 Å². The Labute approximate surface area is 126 Å². The van der Waals surface area contributed by atoms with Crippen molar-refractivity contribution in [3.8, 4) is 0 Å². The number of carbonyl (C=O) groups excluding carboxylic acids is 1. The molecule has 0 bridgehead atoms. The van der Waals surface area contributed by atoms with Crippen molar-refractivity contribution in [1.29, 1.82) is 0 Å². The number of rotatable bonds is 3. The van der Waals surface area contributed by atoms with Crippen molar-refractivity contribution >= 4 is 23.4 Å². The fourth-order valence-corrected chi connectivity index (χ4v) is 2.44. The molecule has 1 aromatic heterocycles. The lowest BCUT2D eigenvalue weighted by Crippen LogP contribution is -2.26. The molecule has 2 heterocycles. The second-order valence-corrected chi connectivity index (χ2v) is 4.93. The van der Waals surface area contributed by atoms with Gasteiger partial charge in [0.2, 0.25) is 0 Å². The van der Waals surface area contributed by atoms with Gasteiger partial charge < -0.3 is 4.90 Å². The zero-order valence-electron chi connectivity index (χ0n) is 11.7. The Bertz CT molecular complexity index is 756. The van der Waals surface area contributed by atoms with E-state index < -0.39 is 4.92 Å². The van der Waals surface area contributed by atoms with Gasteiger partial charge in [0.25, 0.3) is 11.6 Å². The van der Waals surface area contributed by atoms with Crippen molar-refractivity contribution in [3.63, 3.8) is 0 Å². The molecule has 0 fully saturated rings. The Morgan fingerprint density at radius 3 is 2.95 bits per heavy atom. The highest BCUT2D eigenvalue weighted by Gasteiger charge is 2.25. The van der Waals surface area contributed by atoms with E-state index >= 15 is 0 Å². The predicted octanol–water partition coefficient (Wildman–Crippen LogP) is 2.59. The van der Waals surface area contributed by atoms with Crippen molar-refractivity contribution < 1.29 is 9.72 Å². The number of anilines is 1. The maximum atomic E-state index is 12.3. The lowest BCUT2D eigenvalue weighted by Gasteiger charge is -2.14. The number of fused-ring (bicyclic) bond motifs is 1. The molecule has 0 unspecified atom stereocenters. The molecule has 1 aliphatic heterocycles. The highest BCUT2D eigenvalue weighted by molar-refractivity contribution is 6.05. The normalized spacial score (nSPS) is 13.4. The molecule has 6 heteroatoms. The number of carbonyl (C=O) groups is 1. The molecular weight excluding hydrogens is 282 g/mol. The van der Waals surface area contributed by atoms with Crippen LogP contribution >= 0.6 is 0 Å². The van der Waals surface area contributed by atoms with Gasteiger partial charge in [0.05, 0.1) is 10.6 Å². The monoisotopic (exact) mass is 295 g/mol. The van der Waals surface area contributed by atoms with Gasteiger partial charge in [-0.05, 0) is 29.7 Å². The number of hydrogen-bond donors (Lipinski definition) is 0. The van der Waals surface area contributed by atoms with Crippen molar-refractivity contribution in [2.45, 2.75) is 6.42 Å². The molecule has 1 aromatic carbocycles. The number of hydrogen-bond acceptors (Lipinski definition) is 4. The van der Waals surface area contributed by atoms with Gasteiger partial charge in [0.1, 0.15) is 0 Å². The third-order valence-electron chi connectivity index (χ3n) is 3.54. The van der Waals surface area contributed by atoms with Crippen LogP contribution in [0.3, 0.4) is 0 Å². The zero-order chi connectivity index (χ0) is 15.5. The first-order chi connectivity index (χ1) is 10.6. The molecule has 0 saturated heterocycles. The van der Waals surface area contributed by atoms with Crippen LogP contribution in [0.2, 0.25) is 0 Å². The van der Waals surface area contributed by atoms with Gasteiger partial charge in [-0.3, -0.25) is 19.9 Å². The first-order valence-electron chi connectivity index (χ1n) is 6.82. The number of nitro benzene ring substituents is 1. The molecule has 0 spiro atoms. The zero-order valence-corrected chi connectivity index (χ0v) is 11.7. The molecule has 6 nitrogen and oxygen atoms in total. The van der Waals surface area contributed by atoms with Crippen LogP contribution in [0.1, 0.15) is 11.1 Å². The Hall–Kier alpha value is -3.02. The number of aromatic nitrogens is 1. The second kappa shape index (κ2) is 5.77. The summed E-state index contributed by atoms with van der Waals surface area (Å²) < 4.78 is 0. The second-order valence-electron chi connectivity index (χ2n) is 4.93. The molecule has 0 aliphatic carbocycles.